The molecule has 0 fully saturated rings. The molecule has 1 atom stereocenters. The van der Waals surface area contributed by atoms with Crippen molar-refractivity contribution in [1.29, 1.82) is 0 Å². The Hall–Kier alpha value is -2.50. The number of aryl methyl sites for hydroxylation is 2. The Morgan fingerprint density at radius 2 is 1.97 bits per heavy atom. The molecule has 29 heavy (non-hydrogen) atoms. The predicted molar refractivity (Wildman–Crippen MR) is 115 cm³/mol. The molecule has 0 aliphatic rings. The highest BCUT2D eigenvalue weighted by Gasteiger charge is 2.33. The van der Waals surface area contributed by atoms with E-state index < -0.39 is 7.60 Å². The summed E-state index contributed by atoms with van der Waals surface area (Å²) in [4.78, 5) is 4.36. The SMILES string of the molecule is CC/C=C(\Nc1nccc(C)c1C)P(=O)(OCC)Oc1cc(C)c(O)c(OC)c1. The Bertz CT molecular complexity index is 943. The number of methoxy groups -OCH3 is 1. The highest BCUT2D eigenvalue weighted by atomic mass is 31.2. The summed E-state index contributed by atoms with van der Waals surface area (Å²) in [6, 6.07) is 4.98. The van der Waals surface area contributed by atoms with Crippen LogP contribution in [-0.4, -0.2) is 23.8 Å². The number of benzene rings is 1. The third-order valence-corrected chi connectivity index (χ3v) is 6.33. The first-order valence-electron chi connectivity index (χ1n) is 9.47. The zero-order valence-electron chi connectivity index (χ0n) is 17.8. The summed E-state index contributed by atoms with van der Waals surface area (Å²) in [6.07, 6.45) is 4.07. The number of hydrogen-bond donors (Lipinski definition) is 2. The van der Waals surface area contributed by atoms with Gasteiger partial charge in [-0.15, -0.1) is 0 Å². The van der Waals surface area contributed by atoms with Crippen molar-refractivity contribution >= 4 is 13.4 Å². The van der Waals surface area contributed by atoms with E-state index >= 15 is 0 Å². The summed E-state index contributed by atoms with van der Waals surface area (Å²) in [5, 5.41) is 13.2. The summed E-state index contributed by atoms with van der Waals surface area (Å²) in [7, 11) is -2.32. The minimum absolute atomic E-state index is 0.00752. The number of hydrogen-bond acceptors (Lipinski definition) is 7. The van der Waals surface area contributed by atoms with Crippen molar-refractivity contribution in [1.82, 2.24) is 4.98 Å². The van der Waals surface area contributed by atoms with Gasteiger partial charge in [-0.3, -0.25) is 4.52 Å². The van der Waals surface area contributed by atoms with E-state index in [0.717, 1.165) is 11.1 Å². The summed E-state index contributed by atoms with van der Waals surface area (Å²) >= 11 is 0. The molecule has 0 saturated carbocycles. The van der Waals surface area contributed by atoms with Gasteiger partial charge in [-0.25, -0.2) is 9.55 Å². The van der Waals surface area contributed by atoms with Crippen LogP contribution in [0.4, 0.5) is 5.82 Å². The van der Waals surface area contributed by atoms with Crippen molar-refractivity contribution < 1.29 is 23.5 Å². The number of nitrogens with zero attached hydrogens (tertiary/aromatic N) is 1. The lowest BCUT2D eigenvalue weighted by Crippen LogP contribution is -2.10. The van der Waals surface area contributed by atoms with Gasteiger partial charge >= 0.3 is 7.60 Å². The van der Waals surface area contributed by atoms with Crippen LogP contribution in [0.5, 0.6) is 17.2 Å². The molecule has 0 saturated heterocycles. The maximum absolute atomic E-state index is 13.8. The van der Waals surface area contributed by atoms with E-state index in [1.165, 1.54) is 13.2 Å². The molecular formula is C21H29N2O5P. The summed E-state index contributed by atoms with van der Waals surface area (Å²) in [6.45, 7) is 9.50. The first-order chi connectivity index (χ1) is 13.8. The third kappa shape index (κ3) is 5.31. The zero-order valence-corrected chi connectivity index (χ0v) is 18.7. The van der Waals surface area contributed by atoms with Crippen molar-refractivity contribution in [3.63, 3.8) is 0 Å². The maximum Gasteiger partial charge on any atom is 0.426 e. The van der Waals surface area contributed by atoms with Gasteiger partial charge in [0.25, 0.3) is 0 Å². The normalized spacial score (nSPS) is 13.7. The highest BCUT2D eigenvalue weighted by Crippen LogP contribution is 2.56. The van der Waals surface area contributed by atoms with Gasteiger partial charge in [-0.1, -0.05) is 13.0 Å². The summed E-state index contributed by atoms with van der Waals surface area (Å²) in [5.74, 6) is 1.10. The first-order valence-corrected chi connectivity index (χ1v) is 11.0. The molecule has 1 unspecified atom stereocenters. The first kappa shape index (κ1) is 22.8. The van der Waals surface area contributed by atoms with Gasteiger partial charge in [0.2, 0.25) is 0 Å². The third-order valence-electron chi connectivity index (χ3n) is 4.40. The fourth-order valence-electron chi connectivity index (χ4n) is 2.68. The fourth-order valence-corrected chi connectivity index (χ4v) is 4.34. The molecule has 8 heteroatoms. The average Bonchev–Trinajstić information content (AvgIpc) is 2.67. The minimum atomic E-state index is -3.76. The number of nitrogens with one attached hydrogen (secondary N) is 1. The quantitative estimate of drug-likeness (QED) is 0.504. The van der Waals surface area contributed by atoms with Gasteiger partial charge in [0.1, 0.15) is 17.0 Å². The van der Waals surface area contributed by atoms with E-state index in [2.05, 4.69) is 10.3 Å². The van der Waals surface area contributed by atoms with E-state index in [-0.39, 0.29) is 23.9 Å². The van der Waals surface area contributed by atoms with Crippen LogP contribution < -0.4 is 14.6 Å². The number of allylic oxidation sites excluding steroid dienone is 1. The van der Waals surface area contributed by atoms with E-state index in [1.807, 2.05) is 26.8 Å². The average molecular weight is 420 g/mol. The van der Waals surface area contributed by atoms with Crippen LogP contribution in [0.15, 0.2) is 35.9 Å². The standard InChI is InChI=1S/C21H29N2O5P/c1-7-9-19(23-21-16(5)14(3)10-11-22-21)29(25,27-8-2)28-17-12-15(4)20(24)18(13-17)26-6/h9-13,24H,7-8H2,1-6H3,(H,22,23)/b19-9+. The van der Waals surface area contributed by atoms with Crippen LogP contribution in [-0.2, 0) is 9.09 Å². The van der Waals surface area contributed by atoms with Gasteiger partial charge in [-0.05, 0) is 62.9 Å². The van der Waals surface area contributed by atoms with Gasteiger partial charge in [0.05, 0.1) is 13.7 Å². The Labute approximate surface area is 172 Å². The smallest absolute Gasteiger partial charge is 0.426 e. The second-order valence-corrected chi connectivity index (χ2v) is 8.44. The van der Waals surface area contributed by atoms with Crippen molar-refractivity contribution in [2.24, 2.45) is 0 Å². The Kier molecular flexibility index (Phi) is 7.71. The molecule has 1 aromatic carbocycles. The highest BCUT2D eigenvalue weighted by molar-refractivity contribution is 7.59. The van der Waals surface area contributed by atoms with Crippen molar-refractivity contribution in [3.05, 3.63) is 52.6 Å². The number of aromatic hydroxyl groups is 1. The molecule has 1 heterocycles. The molecule has 0 radical (unpaired) electrons. The summed E-state index contributed by atoms with van der Waals surface area (Å²) < 4.78 is 30.4. The Morgan fingerprint density at radius 3 is 2.59 bits per heavy atom. The predicted octanol–water partition coefficient (Wildman–Crippen LogP) is 5.69. The molecule has 0 spiro atoms. The number of aromatic nitrogens is 1. The topological polar surface area (TPSA) is 89.9 Å². The number of phenols is 1. The minimum Gasteiger partial charge on any atom is -0.504 e. The number of pyridine rings is 1. The molecule has 158 valence electrons. The van der Waals surface area contributed by atoms with E-state index in [0.29, 0.717) is 23.2 Å². The summed E-state index contributed by atoms with van der Waals surface area (Å²) in [5.41, 5.74) is 2.85. The zero-order chi connectivity index (χ0) is 21.6. The molecular weight excluding hydrogens is 391 g/mol. The molecule has 2 N–H and O–H groups in total. The van der Waals surface area contributed by atoms with Crippen LogP contribution in [0, 0.1) is 20.8 Å². The number of rotatable bonds is 9. The van der Waals surface area contributed by atoms with Crippen molar-refractivity contribution in [2.45, 2.75) is 41.0 Å². The lowest BCUT2D eigenvalue weighted by Gasteiger charge is -2.23. The van der Waals surface area contributed by atoms with Gasteiger partial charge in [-0.2, -0.15) is 0 Å². The van der Waals surface area contributed by atoms with Crippen LogP contribution in [0.3, 0.4) is 0 Å². The largest absolute Gasteiger partial charge is 0.504 e. The van der Waals surface area contributed by atoms with Crippen LogP contribution >= 0.6 is 7.60 Å². The van der Waals surface area contributed by atoms with Gasteiger partial charge in [0, 0.05) is 12.3 Å². The molecule has 0 aliphatic carbocycles. The molecule has 2 aromatic rings. The molecule has 0 amide bonds. The second kappa shape index (κ2) is 9.81. The fraction of sp³-hybridized carbons (Fsp3) is 0.381. The van der Waals surface area contributed by atoms with Crippen molar-refractivity contribution in [3.8, 4) is 17.2 Å². The lowest BCUT2D eigenvalue weighted by molar-refractivity contribution is 0.285. The molecule has 7 nitrogen and oxygen atoms in total. The number of anilines is 1. The van der Waals surface area contributed by atoms with E-state index in [9.17, 15) is 9.67 Å². The number of ether oxygens (including phenoxy) is 1. The van der Waals surface area contributed by atoms with Crippen LogP contribution in [0.2, 0.25) is 0 Å². The second-order valence-electron chi connectivity index (χ2n) is 6.52. The van der Waals surface area contributed by atoms with Crippen LogP contribution in [0.1, 0.15) is 37.0 Å². The monoisotopic (exact) mass is 420 g/mol. The molecule has 0 aliphatic heterocycles. The van der Waals surface area contributed by atoms with Crippen LogP contribution in [0.25, 0.3) is 0 Å². The Morgan fingerprint density at radius 1 is 1.24 bits per heavy atom. The van der Waals surface area contributed by atoms with Crippen molar-refractivity contribution in [2.75, 3.05) is 19.0 Å². The maximum atomic E-state index is 13.8. The lowest BCUT2D eigenvalue weighted by atomic mass is 10.2. The van der Waals surface area contributed by atoms with E-state index in [4.69, 9.17) is 13.8 Å². The van der Waals surface area contributed by atoms with E-state index in [1.54, 1.807) is 32.2 Å². The Balaban J connectivity index is 2.47. The van der Waals surface area contributed by atoms with Gasteiger partial charge < -0.3 is 19.7 Å². The molecule has 0 bridgehead atoms. The number of phenolic OH excluding ortho intramolecular Hbond substituents is 1. The van der Waals surface area contributed by atoms with Gasteiger partial charge in [0.15, 0.2) is 11.5 Å². The molecule has 2 rings (SSSR count). The molecule has 1 aromatic heterocycles.